The third kappa shape index (κ3) is 6.77. The summed E-state index contributed by atoms with van der Waals surface area (Å²) < 4.78 is 27.1. The molecule has 45 heavy (non-hydrogen) atoms. The molecule has 0 spiro atoms. The van der Waals surface area contributed by atoms with Crippen LogP contribution in [-0.2, 0) is 17.5 Å². The van der Waals surface area contributed by atoms with Crippen molar-refractivity contribution < 1.29 is 18.3 Å². The van der Waals surface area contributed by atoms with Crippen LogP contribution in [0, 0.1) is 13.8 Å². The predicted octanol–water partition coefficient (Wildman–Crippen LogP) is 6.34. The van der Waals surface area contributed by atoms with E-state index in [9.17, 15) is 9.00 Å². The van der Waals surface area contributed by atoms with Gasteiger partial charge in [-0.25, -0.2) is 8.51 Å². The summed E-state index contributed by atoms with van der Waals surface area (Å²) >= 11 is 0. The molecule has 1 aliphatic rings. The Kier molecular flexibility index (Phi) is 9.65. The number of amides is 1. The zero-order chi connectivity index (χ0) is 32.3. The van der Waals surface area contributed by atoms with E-state index in [-0.39, 0.29) is 23.6 Å². The predicted molar refractivity (Wildman–Crippen MR) is 179 cm³/mol. The van der Waals surface area contributed by atoms with Gasteiger partial charge in [0.2, 0.25) is 0 Å². The van der Waals surface area contributed by atoms with Crippen LogP contribution in [0.2, 0.25) is 0 Å². The number of para-hydroxylation sites is 1. The highest BCUT2D eigenvalue weighted by atomic mass is 32.2. The topological polar surface area (TPSA) is 123 Å². The number of nitrogens with one attached hydrogen (secondary N) is 2. The lowest BCUT2D eigenvalue weighted by atomic mass is 9.74. The third-order valence-electron chi connectivity index (χ3n) is 8.54. The number of fused-ring (bicyclic) bond motifs is 1. The van der Waals surface area contributed by atoms with Gasteiger partial charge in [0.25, 0.3) is 5.91 Å². The zero-order valence-corrected chi connectivity index (χ0v) is 27.7. The van der Waals surface area contributed by atoms with Gasteiger partial charge < -0.3 is 25.6 Å². The maximum absolute atomic E-state index is 13.9. The lowest BCUT2D eigenvalue weighted by Crippen LogP contribution is -2.48. The number of nitrogens with two attached hydrogens (primary N) is 1. The van der Waals surface area contributed by atoms with E-state index < -0.39 is 16.5 Å². The molecular weight excluding hydrogens is 586 g/mol. The summed E-state index contributed by atoms with van der Waals surface area (Å²) in [5.41, 5.74) is 12.7. The second kappa shape index (κ2) is 13.5. The Bertz CT molecular complexity index is 1690. The molecule has 0 fully saturated rings. The van der Waals surface area contributed by atoms with Crippen molar-refractivity contribution in [3.8, 4) is 5.75 Å². The largest absolute Gasteiger partial charge is 0.488 e. The number of benzene rings is 3. The highest BCUT2D eigenvalue weighted by molar-refractivity contribution is 7.82. The van der Waals surface area contributed by atoms with Crippen LogP contribution in [0.3, 0.4) is 0 Å². The number of carbonyl (C=O) groups excluding carboxylic acids is 1. The van der Waals surface area contributed by atoms with E-state index in [4.69, 9.17) is 15.0 Å². The summed E-state index contributed by atoms with van der Waals surface area (Å²) in [5, 5.41) is 10.4. The van der Waals surface area contributed by atoms with Crippen molar-refractivity contribution in [1.82, 2.24) is 14.8 Å². The van der Waals surface area contributed by atoms with Gasteiger partial charge in [-0.3, -0.25) is 4.79 Å². The normalized spacial score (nSPS) is 17.6. The fraction of sp³-hybridized carbons (Fsp3) is 0.371. The van der Waals surface area contributed by atoms with Gasteiger partial charge in [-0.2, -0.15) is 0 Å². The van der Waals surface area contributed by atoms with Crippen LogP contribution in [0.15, 0.2) is 76.3 Å². The zero-order valence-electron chi connectivity index (χ0n) is 26.8. The van der Waals surface area contributed by atoms with Crippen molar-refractivity contribution in [3.05, 3.63) is 100 Å². The van der Waals surface area contributed by atoms with Crippen molar-refractivity contribution in [2.75, 3.05) is 24.1 Å². The maximum Gasteiger partial charge on any atom is 0.273 e. The number of carbonyl (C=O) groups is 1. The van der Waals surface area contributed by atoms with Crippen molar-refractivity contribution >= 4 is 28.3 Å². The molecule has 0 saturated heterocycles. The van der Waals surface area contributed by atoms with Crippen molar-refractivity contribution in [2.24, 2.45) is 0 Å². The summed E-state index contributed by atoms with van der Waals surface area (Å²) in [4.78, 5) is 14.0. The van der Waals surface area contributed by atoms with E-state index in [1.165, 1.54) is 6.26 Å². The van der Waals surface area contributed by atoms with E-state index in [2.05, 4.69) is 53.9 Å². The Balaban J connectivity index is 1.57. The van der Waals surface area contributed by atoms with Crippen LogP contribution in [0.1, 0.15) is 78.3 Å². The van der Waals surface area contributed by atoms with Gasteiger partial charge in [0, 0.05) is 37.2 Å². The fourth-order valence-corrected chi connectivity index (χ4v) is 7.38. The molecule has 0 bridgehead atoms. The smallest absolute Gasteiger partial charge is 0.273 e. The summed E-state index contributed by atoms with van der Waals surface area (Å²) in [6.45, 7) is 14.0. The second-order valence-corrected chi connectivity index (χ2v) is 13.6. The Hall–Kier alpha value is -4.15. The van der Waals surface area contributed by atoms with Gasteiger partial charge in [-0.05, 0) is 87.1 Å². The molecule has 9 nitrogen and oxygen atoms in total. The van der Waals surface area contributed by atoms with E-state index in [1.807, 2.05) is 62.3 Å². The molecule has 2 heterocycles. The van der Waals surface area contributed by atoms with Crippen LogP contribution >= 0.6 is 0 Å². The number of aromatic nitrogens is 1. The van der Waals surface area contributed by atoms with Crippen molar-refractivity contribution in [3.63, 3.8) is 0 Å². The van der Waals surface area contributed by atoms with Gasteiger partial charge >= 0.3 is 0 Å². The van der Waals surface area contributed by atoms with E-state index in [1.54, 1.807) is 6.07 Å². The number of rotatable bonds is 10. The molecule has 1 amide bonds. The number of ether oxygens (including phenoxy) is 1. The average molecular weight is 630 g/mol. The number of hydrogen-bond acceptors (Lipinski definition) is 7. The molecule has 1 aromatic heterocycles. The van der Waals surface area contributed by atoms with Crippen molar-refractivity contribution in [2.45, 2.75) is 77.0 Å². The highest BCUT2D eigenvalue weighted by Crippen LogP contribution is 2.41. The molecule has 0 saturated carbocycles. The molecule has 4 aromatic rings. The number of anilines is 2. The number of nitrogens with zero attached hydrogens (tertiary/aromatic N) is 2. The third-order valence-corrected chi connectivity index (χ3v) is 10.0. The van der Waals surface area contributed by atoms with Gasteiger partial charge in [-0.1, -0.05) is 48.5 Å². The van der Waals surface area contributed by atoms with Crippen LogP contribution in [0.4, 0.5) is 11.4 Å². The molecule has 3 atom stereocenters. The van der Waals surface area contributed by atoms with Gasteiger partial charge in [-0.15, -0.1) is 0 Å². The average Bonchev–Trinajstić information content (AvgIpc) is 3.52. The summed E-state index contributed by atoms with van der Waals surface area (Å²) in [6.07, 6.45) is 2.10. The minimum Gasteiger partial charge on any atom is -0.488 e. The molecular formula is C35H43N5O4S. The SMILES string of the molecule is CCNc1ccc(C(c2ccc(C)c(CN3C[C@@H](CC)Oc4ccccc4S3=O)c2)C(C)(C)NC(=O)c2ccon2)c(C)c1N. The molecule has 0 radical (unpaired) electrons. The monoisotopic (exact) mass is 629 g/mol. The molecule has 5 rings (SSSR count). The van der Waals surface area contributed by atoms with Gasteiger partial charge in [0.15, 0.2) is 5.69 Å². The first-order valence-electron chi connectivity index (χ1n) is 15.4. The molecule has 0 aliphatic carbocycles. The van der Waals surface area contributed by atoms with Gasteiger partial charge in [0.05, 0.1) is 16.3 Å². The van der Waals surface area contributed by atoms with E-state index >= 15 is 0 Å². The Morgan fingerprint density at radius 3 is 2.62 bits per heavy atom. The summed E-state index contributed by atoms with van der Waals surface area (Å²) in [5.74, 6) is 0.0624. The number of hydrogen-bond donors (Lipinski definition) is 3. The lowest BCUT2D eigenvalue weighted by molar-refractivity contribution is 0.0896. The van der Waals surface area contributed by atoms with Crippen LogP contribution in [-0.4, -0.2) is 44.3 Å². The van der Waals surface area contributed by atoms with E-state index in [0.29, 0.717) is 29.4 Å². The minimum atomic E-state index is -1.40. The van der Waals surface area contributed by atoms with Crippen molar-refractivity contribution in [1.29, 1.82) is 0 Å². The second-order valence-electron chi connectivity index (χ2n) is 12.1. The molecule has 3 aromatic carbocycles. The standard InChI is InChI=1S/C35H43N5O4S/c1-7-26-21-40(45(42)31-12-10-9-11-30(31)44-26)20-25-19-24(14-13-22(25)3)32(27-15-16-28(37-8-2)33(36)23(27)4)35(5,6)38-34(41)29-17-18-43-39-29/h9-19,26,32,37H,7-8,20-21,36H2,1-6H3,(H,38,41)/t26-,32?,45?/m1/s1. The first-order chi connectivity index (χ1) is 21.5. The molecule has 238 valence electrons. The Morgan fingerprint density at radius 1 is 1.13 bits per heavy atom. The summed E-state index contributed by atoms with van der Waals surface area (Å²) in [6, 6.07) is 19.6. The van der Waals surface area contributed by atoms with Crippen LogP contribution in [0.5, 0.6) is 5.75 Å². The number of nitrogen functional groups attached to an aromatic ring is 1. The first kappa shape index (κ1) is 32.2. The maximum atomic E-state index is 13.9. The minimum absolute atomic E-state index is 0.0830. The number of aryl methyl sites for hydroxylation is 1. The van der Waals surface area contributed by atoms with Gasteiger partial charge in [0.1, 0.15) is 29.1 Å². The van der Waals surface area contributed by atoms with E-state index in [0.717, 1.165) is 46.5 Å². The molecule has 1 aliphatic heterocycles. The van der Waals surface area contributed by atoms with Crippen LogP contribution < -0.4 is 21.1 Å². The lowest BCUT2D eigenvalue weighted by Gasteiger charge is -2.37. The summed E-state index contributed by atoms with van der Waals surface area (Å²) in [7, 11) is -1.40. The first-order valence-corrected chi connectivity index (χ1v) is 16.5. The Morgan fingerprint density at radius 2 is 1.91 bits per heavy atom. The quantitative estimate of drug-likeness (QED) is 0.175. The highest BCUT2D eigenvalue weighted by Gasteiger charge is 2.36. The molecule has 10 heteroatoms. The molecule has 4 N–H and O–H groups in total. The molecule has 2 unspecified atom stereocenters. The fourth-order valence-electron chi connectivity index (χ4n) is 6.06. The van der Waals surface area contributed by atoms with Crippen LogP contribution in [0.25, 0.3) is 0 Å². The Labute approximate surface area is 268 Å².